The minimum absolute atomic E-state index is 0.706. The van der Waals surface area contributed by atoms with Crippen molar-refractivity contribution in [3.05, 3.63) is 36.8 Å². The molecular weight excluding hydrogens is 126 g/mol. The molecule has 0 aliphatic heterocycles. The zero-order chi connectivity index (χ0) is 7.40. The molecule has 0 spiro atoms. The fourth-order valence-electron chi connectivity index (χ4n) is 0.697. The van der Waals surface area contributed by atoms with Crippen LogP contribution in [0.5, 0.6) is 0 Å². The number of benzene rings is 1. The van der Waals surface area contributed by atoms with Crippen LogP contribution in [0.15, 0.2) is 24.3 Å². The summed E-state index contributed by atoms with van der Waals surface area (Å²) < 4.78 is 0. The normalized spacial score (nSPS) is 8.90. The van der Waals surface area contributed by atoms with Crippen LogP contribution < -0.4 is 5.32 Å². The van der Waals surface area contributed by atoms with Gasteiger partial charge in [-0.25, -0.2) is 0 Å². The fraction of sp³-hybridized carbons (Fsp3) is 0. The highest BCUT2D eigenvalue weighted by molar-refractivity contribution is 5.74. The molecule has 2 radical (unpaired) electrons. The molecule has 0 bridgehead atoms. The topological polar surface area (TPSA) is 29.1 Å². The molecule has 50 valence electrons. The SMILES string of the molecule is [CH2]c1ccccc1N[C]=O. The maximum absolute atomic E-state index is 9.86. The van der Waals surface area contributed by atoms with Crippen molar-refractivity contribution in [2.45, 2.75) is 0 Å². The fourth-order valence-corrected chi connectivity index (χ4v) is 0.697. The number of anilines is 1. The predicted octanol–water partition coefficient (Wildman–Crippen LogP) is 1.35. The van der Waals surface area contributed by atoms with Crippen LogP contribution in [0.3, 0.4) is 0 Å². The van der Waals surface area contributed by atoms with E-state index in [0.29, 0.717) is 5.69 Å². The number of hydrogen-bond donors (Lipinski definition) is 1. The summed E-state index contributed by atoms with van der Waals surface area (Å²) in [6, 6.07) is 7.28. The molecule has 1 aromatic carbocycles. The summed E-state index contributed by atoms with van der Waals surface area (Å²) >= 11 is 0. The summed E-state index contributed by atoms with van der Waals surface area (Å²) in [6.45, 7) is 3.70. The highest BCUT2D eigenvalue weighted by Crippen LogP contribution is 2.11. The molecule has 0 heterocycles. The molecule has 0 aliphatic carbocycles. The Hall–Kier alpha value is -1.31. The Morgan fingerprint density at radius 1 is 1.40 bits per heavy atom. The summed E-state index contributed by atoms with van der Waals surface area (Å²) in [5.41, 5.74) is 1.50. The quantitative estimate of drug-likeness (QED) is 0.606. The molecule has 1 rings (SSSR count). The van der Waals surface area contributed by atoms with Gasteiger partial charge in [0.2, 0.25) is 0 Å². The molecule has 0 saturated carbocycles. The molecule has 0 saturated heterocycles. The maximum Gasteiger partial charge on any atom is 0.314 e. The van der Waals surface area contributed by atoms with Crippen molar-refractivity contribution in [3.63, 3.8) is 0 Å². The lowest BCUT2D eigenvalue weighted by Gasteiger charge is -1.99. The van der Waals surface area contributed by atoms with E-state index in [-0.39, 0.29) is 0 Å². The van der Waals surface area contributed by atoms with Gasteiger partial charge in [0.1, 0.15) is 0 Å². The molecule has 10 heavy (non-hydrogen) atoms. The number of hydrogen-bond acceptors (Lipinski definition) is 1. The Labute approximate surface area is 59.9 Å². The first-order valence-electron chi connectivity index (χ1n) is 2.89. The van der Waals surface area contributed by atoms with Crippen molar-refractivity contribution >= 4 is 12.1 Å². The minimum atomic E-state index is 0.706. The summed E-state index contributed by atoms with van der Waals surface area (Å²) in [4.78, 5) is 9.86. The molecule has 1 amide bonds. The number of nitrogens with one attached hydrogen (secondary N) is 1. The first kappa shape index (κ1) is 6.81. The van der Waals surface area contributed by atoms with Crippen LogP contribution in [-0.4, -0.2) is 6.41 Å². The smallest absolute Gasteiger partial charge is 0.314 e. The maximum atomic E-state index is 9.86. The van der Waals surface area contributed by atoms with Gasteiger partial charge in [-0.2, -0.15) is 0 Å². The third-order valence-electron chi connectivity index (χ3n) is 1.20. The number of carbonyl (C=O) groups excluding carboxylic acids is 1. The molecule has 1 aromatic rings. The number of para-hydroxylation sites is 1. The van der Waals surface area contributed by atoms with Crippen molar-refractivity contribution < 1.29 is 4.79 Å². The lowest BCUT2D eigenvalue weighted by molar-refractivity contribution is 0.561. The van der Waals surface area contributed by atoms with Crippen molar-refractivity contribution in [3.8, 4) is 0 Å². The summed E-state index contributed by atoms with van der Waals surface area (Å²) in [6.07, 6.45) is 1.58. The minimum Gasteiger partial charge on any atom is -0.318 e. The van der Waals surface area contributed by atoms with Crippen LogP contribution in [0.2, 0.25) is 0 Å². The van der Waals surface area contributed by atoms with Gasteiger partial charge in [-0.05, 0) is 18.6 Å². The first-order valence-corrected chi connectivity index (χ1v) is 2.89. The van der Waals surface area contributed by atoms with Crippen LogP contribution in [0.4, 0.5) is 5.69 Å². The van der Waals surface area contributed by atoms with Crippen LogP contribution in [-0.2, 0) is 4.79 Å². The summed E-state index contributed by atoms with van der Waals surface area (Å²) in [5, 5.41) is 2.41. The number of amides is 1. The third-order valence-corrected chi connectivity index (χ3v) is 1.20. The number of rotatable bonds is 2. The Balaban J connectivity index is 2.91. The average Bonchev–Trinajstić information content (AvgIpc) is 1.94. The highest BCUT2D eigenvalue weighted by atomic mass is 16.1. The Bertz CT molecular complexity index is 232. The van der Waals surface area contributed by atoms with E-state index in [1.54, 1.807) is 12.5 Å². The van der Waals surface area contributed by atoms with Gasteiger partial charge < -0.3 is 5.32 Å². The lowest BCUT2D eigenvalue weighted by Crippen LogP contribution is -1.94. The van der Waals surface area contributed by atoms with E-state index in [9.17, 15) is 4.79 Å². The standard InChI is InChI=1S/C8H7NO/c1-7-4-2-3-5-8(7)9-6-10/h2-5H,1H2,(H,9,10). The van der Waals surface area contributed by atoms with Gasteiger partial charge in [0, 0.05) is 5.69 Å². The highest BCUT2D eigenvalue weighted by Gasteiger charge is 1.92. The molecule has 2 heteroatoms. The molecule has 0 unspecified atom stereocenters. The van der Waals surface area contributed by atoms with Gasteiger partial charge in [0.05, 0.1) is 0 Å². The lowest BCUT2D eigenvalue weighted by atomic mass is 10.2. The van der Waals surface area contributed by atoms with E-state index in [4.69, 9.17) is 0 Å². The summed E-state index contributed by atoms with van der Waals surface area (Å²) in [5.74, 6) is 0. The molecule has 0 aromatic heterocycles. The molecular formula is C8H7NO. The average molecular weight is 133 g/mol. The van der Waals surface area contributed by atoms with Crippen LogP contribution >= 0.6 is 0 Å². The third kappa shape index (κ3) is 1.35. The Morgan fingerprint density at radius 3 is 2.70 bits per heavy atom. The van der Waals surface area contributed by atoms with E-state index in [1.165, 1.54) is 0 Å². The van der Waals surface area contributed by atoms with Gasteiger partial charge in [0.15, 0.2) is 0 Å². The van der Waals surface area contributed by atoms with Gasteiger partial charge in [0.25, 0.3) is 0 Å². The molecule has 2 nitrogen and oxygen atoms in total. The van der Waals surface area contributed by atoms with Gasteiger partial charge in [-0.15, -0.1) is 0 Å². The summed E-state index contributed by atoms with van der Waals surface area (Å²) in [7, 11) is 0. The van der Waals surface area contributed by atoms with E-state index in [1.807, 2.05) is 18.2 Å². The van der Waals surface area contributed by atoms with Crippen molar-refractivity contribution in [1.29, 1.82) is 0 Å². The zero-order valence-electron chi connectivity index (χ0n) is 5.42. The second-order valence-electron chi connectivity index (χ2n) is 1.88. The van der Waals surface area contributed by atoms with Crippen molar-refractivity contribution in [1.82, 2.24) is 0 Å². The monoisotopic (exact) mass is 133 g/mol. The van der Waals surface area contributed by atoms with Gasteiger partial charge in [-0.3, -0.25) is 4.79 Å². The zero-order valence-corrected chi connectivity index (χ0v) is 5.42. The van der Waals surface area contributed by atoms with Crippen LogP contribution in [0.25, 0.3) is 0 Å². The van der Waals surface area contributed by atoms with E-state index >= 15 is 0 Å². The van der Waals surface area contributed by atoms with E-state index < -0.39 is 0 Å². The second kappa shape index (κ2) is 3.01. The van der Waals surface area contributed by atoms with Crippen LogP contribution in [0.1, 0.15) is 5.56 Å². The predicted molar refractivity (Wildman–Crippen MR) is 40.2 cm³/mol. The van der Waals surface area contributed by atoms with E-state index in [2.05, 4.69) is 12.2 Å². The van der Waals surface area contributed by atoms with Gasteiger partial charge >= 0.3 is 6.41 Å². The van der Waals surface area contributed by atoms with Crippen molar-refractivity contribution in [2.24, 2.45) is 0 Å². The molecule has 0 fully saturated rings. The second-order valence-corrected chi connectivity index (χ2v) is 1.88. The van der Waals surface area contributed by atoms with E-state index in [0.717, 1.165) is 5.56 Å². The largest absolute Gasteiger partial charge is 0.318 e. The molecule has 1 N–H and O–H groups in total. The molecule has 0 atom stereocenters. The van der Waals surface area contributed by atoms with Crippen LogP contribution in [0, 0.1) is 6.92 Å². The Kier molecular flexibility index (Phi) is 2.05. The van der Waals surface area contributed by atoms with Crippen molar-refractivity contribution in [2.75, 3.05) is 5.32 Å². The molecule has 0 aliphatic rings. The Morgan fingerprint density at radius 2 is 2.10 bits per heavy atom. The first-order chi connectivity index (χ1) is 4.84. The van der Waals surface area contributed by atoms with Gasteiger partial charge in [-0.1, -0.05) is 18.2 Å².